The SMILES string of the molecule is CC(C)CCNC(=O)C(C)N(C)CCCN. The third-order valence-corrected chi connectivity index (χ3v) is 2.78. The predicted molar refractivity (Wildman–Crippen MR) is 68.2 cm³/mol. The molecule has 1 unspecified atom stereocenters. The fraction of sp³-hybridized carbons (Fsp3) is 0.917. The summed E-state index contributed by atoms with van der Waals surface area (Å²) in [5.41, 5.74) is 5.44. The predicted octanol–water partition coefficient (Wildman–Crippen LogP) is 0.818. The van der Waals surface area contributed by atoms with E-state index in [-0.39, 0.29) is 11.9 Å². The molecule has 0 aromatic rings. The Morgan fingerprint density at radius 2 is 2.00 bits per heavy atom. The number of nitrogens with one attached hydrogen (secondary N) is 1. The zero-order valence-corrected chi connectivity index (χ0v) is 11.1. The van der Waals surface area contributed by atoms with E-state index in [2.05, 4.69) is 19.2 Å². The van der Waals surface area contributed by atoms with Crippen LogP contribution in [-0.2, 0) is 4.79 Å². The molecule has 0 spiro atoms. The van der Waals surface area contributed by atoms with Crippen molar-refractivity contribution < 1.29 is 4.79 Å². The van der Waals surface area contributed by atoms with Crippen LogP contribution in [0.5, 0.6) is 0 Å². The van der Waals surface area contributed by atoms with Gasteiger partial charge in [-0.25, -0.2) is 0 Å². The van der Waals surface area contributed by atoms with Crippen LogP contribution in [-0.4, -0.2) is 43.5 Å². The highest BCUT2D eigenvalue weighted by Gasteiger charge is 2.16. The van der Waals surface area contributed by atoms with Gasteiger partial charge in [-0.05, 0) is 45.8 Å². The number of hydrogen-bond donors (Lipinski definition) is 2. The molecule has 1 atom stereocenters. The van der Waals surface area contributed by atoms with Gasteiger partial charge in [-0.1, -0.05) is 13.8 Å². The number of carbonyl (C=O) groups excluding carboxylic acids is 1. The van der Waals surface area contributed by atoms with Crippen LogP contribution in [0.25, 0.3) is 0 Å². The first-order chi connectivity index (χ1) is 7.49. The van der Waals surface area contributed by atoms with E-state index >= 15 is 0 Å². The van der Waals surface area contributed by atoms with Crippen molar-refractivity contribution in [3.8, 4) is 0 Å². The van der Waals surface area contributed by atoms with E-state index in [0.29, 0.717) is 12.5 Å². The van der Waals surface area contributed by atoms with Crippen LogP contribution >= 0.6 is 0 Å². The Labute approximate surface area is 99.6 Å². The lowest BCUT2D eigenvalue weighted by atomic mass is 10.1. The maximum atomic E-state index is 11.7. The molecule has 0 aromatic carbocycles. The average molecular weight is 229 g/mol. The first-order valence-corrected chi connectivity index (χ1v) is 6.17. The largest absolute Gasteiger partial charge is 0.355 e. The standard InChI is InChI=1S/C12H27N3O/c1-10(2)6-8-14-12(16)11(3)15(4)9-5-7-13/h10-11H,5-9,13H2,1-4H3,(H,14,16). The van der Waals surface area contributed by atoms with Crippen LogP contribution in [0.2, 0.25) is 0 Å². The number of nitrogens with zero attached hydrogens (tertiary/aromatic N) is 1. The lowest BCUT2D eigenvalue weighted by molar-refractivity contribution is -0.125. The highest BCUT2D eigenvalue weighted by molar-refractivity contribution is 5.81. The smallest absolute Gasteiger partial charge is 0.237 e. The van der Waals surface area contributed by atoms with Crippen LogP contribution < -0.4 is 11.1 Å². The minimum atomic E-state index is -0.0706. The fourth-order valence-electron chi connectivity index (χ4n) is 1.37. The van der Waals surface area contributed by atoms with Crippen molar-refractivity contribution in [3.63, 3.8) is 0 Å². The molecule has 0 aliphatic rings. The van der Waals surface area contributed by atoms with Gasteiger partial charge in [-0.15, -0.1) is 0 Å². The van der Waals surface area contributed by atoms with Crippen LogP contribution in [0, 0.1) is 5.92 Å². The first-order valence-electron chi connectivity index (χ1n) is 6.17. The fourth-order valence-corrected chi connectivity index (χ4v) is 1.37. The molecule has 0 saturated heterocycles. The lowest BCUT2D eigenvalue weighted by Crippen LogP contribution is -2.44. The number of amides is 1. The molecule has 0 saturated carbocycles. The van der Waals surface area contributed by atoms with Crippen LogP contribution in [0.1, 0.15) is 33.6 Å². The summed E-state index contributed by atoms with van der Waals surface area (Å²) in [6.45, 7) is 8.56. The second kappa shape index (κ2) is 8.53. The summed E-state index contributed by atoms with van der Waals surface area (Å²) < 4.78 is 0. The maximum Gasteiger partial charge on any atom is 0.237 e. The number of nitrogens with two attached hydrogens (primary N) is 1. The molecular weight excluding hydrogens is 202 g/mol. The first kappa shape index (κ1) is 15.4. The Hall–Kier alpha value is -0.610. The summed E-state index contributed by atoms with van der Waals surface area (Å²) in [4.78, 5) is 13.8. The molecule has 0 heterocycles. The number of rotatable bonds is 8. The molecule has 4 nitrogen and oxygen atoms in total. The topological polar surface area (TPSA) is 58.4 Å². The molecular formula is C12H27N3O. The summed E-state index contributed by atoms with van der Waals surface area (Å²) in [5.74, 6) is 0.741. The maximum absolute atomic E-state index is 11.7. The minimum Gasteiger partial charge on any atom is -0.355 e. The van der Waals surface area contributed by atoms with Gasteiger partial charge in [-0.3, -0.25) is 9.69 Å². The van der Waals surface area contributed by atoms with E-state index < -0.39 is 0 Å². The molecule has 0 radical (unpaired) electrons. The van der Waals surface area contributed by atoms with E-state index in [9.17, 15) is 4.79 Å². The van der Waals surface area contributed by atoms with Crippen molar-refractivity contribution in [1.82, 2.24) is 10.2 Å². The monoisotopic (exact) mass is 229 g/mol. The summed E-state index contributed by atoms with van der Waals surface area (Å²) in [6, 6.07) is -0.0706. The molecule has 0 fully saturated rings. The third-order valence-electron chi connectivity index (χ3n) is 2.78. The summed E-state index contributed by atoms with van der Waals surface area (Å²) in [6.07, 6.45) is 1.96. The van der Waals surface area contributed by atoms with Crippen molar-refractivity contribution in [2.45, 2.75) is 39.7 Å². The molecule has 0 aliphatic carbocycles. The average Bonchev–Trinajstić information content (AvgIpc) is 2.24. The van der Waals surface area contributed by atoms with E-state index in [4.69, 9.17) is 5.73 Å². The molecule has 3 N–H and O–H groups in total. The van der Waals surface area contributed by atoms with Gasteiger partial charge in [0.2, 0.25) is 5.91 Å². The van der Waals surface area contributed by atoms with Gasteiger partial charge >= 0.3 is 0 Å². The van der Waals surface area contributed by atoms with Gasteiger partial charge in [0, 0.05) is 6.54 Å². The quantitative estimate of drug-likeness (QED) is 0.648. The van der Waals surface area contributed by atoms with Crippen LogP contribution in [0.3, 0.4) is 0 Å². The molecule has 1 amide bonds. The summed E-state index contributed by atoms with van der Waals surface area (Å²) >= 11 is 0. The van der Waals surface area contributed by atoms with Gasteiger partial charge in [-0.2, -0.15) is 0 Å². The third kappa shape index (κ3) is 6.80. The van der Waals surface area contributed by atoms with Crippen LogP contribution in [0.4, 0.5) is 0 Å². The Kier molecular flexibility index (Phi) is 8.21. The van der Waals surface area contributed by atoms with Crippen molar-refractivity contribution >= 4 is 5.91 Å². The molecule has 0 rings (SSSR count). The molecule has 0 bridgehead atoms. The van der Waals surface area contributed by atoms with E-state index in [1.807, 2.05) is 18.9 Å². The Morgan fingerprint density at radius 3 is 2.50 bits per heavy atom. The van der Waals surface area contributed by atoms with Gasteiger partial charge in [0.1, 0.15) is 0 Å². The van der Waals surface area contributed by atoms with Gasteiger partial charge in [0.15, 0.2) is 0 Å². The molecule has 0 aliphatic heterocycles. The van der Waals surface area contributed by atoms with Crippen molar-refractivity contribution in [3.05, 3.63) is 0 Å². The zero-order chi connectivity index (χ0) is 12.6. The van der Waals surface area contributed by atoms with Gasteiger partial charge in [0.05, 0.1) is 6.04 Å². The minimum absolute atomic E-state index is 0.0706. The second-order valence-electron chi connectivity index (χ2n) is 4.77. The Bertz CT molecular complexity index is 195. The summed E-state index contributed by atoms with van der Waals surface area (Å²) in [5, 5.41) is 2.96. The molecule has 16 heavy (non-hydrogen) atoms. The zero-order valence-electron chi connectivity index (χ0n) is 11.1. The van der Waals surface area contributed by atoms with E-state index in [1.54, 1.807) is 0 Å². The molecule has 4 heteroatoms. The number of likely N-dealkylation sites (N-methyl/N-ethyl adjacent to an activating group) is 1. The lowest BCUT2D eigenvalue weighted by Gasteiger charge is -2.23. The number of carbonyl (C=O) groups is 1. The molecule has 96 valence electrons. The van der Waals surface area contributed by atoms with Gasteiger partial charge in [0.25, 0.3) is 0 Å². The van der Waals surface area contributed by atoms with Crippen molar-refractivity contribution in [2.24, 2.45) is 11.7 Å². The highest BCUT2D eigenvalue weighted by atomic mass is 16.2. The van der Waals surface area contributed by atoms with Crippen molar-refractivity contribution in [1.29, 1.82) is 0 Å². The van der Waals surface area contributed by atoms with Crippen molar-refractivity contribution in [2.75, 3.05) is 26.7 Å². The second-order valence-corrected chi connectivity index (χ2v) is 4.77. The Balaban J connectivity index is 3.79. The molecule has 0 aromatic heterocycles. The van der Waals surface area contributed by atoms with E-state index in [0.717, 1.165) is 25.9 Å². The van der Waals surface area contributed by atoms with Crippen LogP contribution in [0.15, 0.2) is 0 Å². The number of hydrogen-bond acceptors (Lipinski definition) is 3. The van der Waals surface area contributed by atoms with Gasteiger partial charge < -0.3 is 11.1 Å². The van der Waals surface area contributed by atoms with E-state index in [1.165, 1.54) is 0 Å². The Morgan fingerprint density at radius 1 is 1.38 bits per heavy atom. The normalized spacial score (nSPS) is 13.2. The highest BCUT2D eigenvalue weighted by Crippen LogP contribution is 1.99. The summed E-state index contributed by atoms with van der Waals surface area (Å²) in [7, 11) is 1.96.